The van der Waals surface area contributed by atoms with Gasteiger partial charge in [0.15, 0.2) is 6.10 Å². The van der Waals surface area contributed by atoms with Crippen LogP contribution in [-0.4, -0.2) is 36.4 Å². The average molecular weight is 382 g/mol. The number of benzene rings is 2. The molecule has 6 nitrogen and oxygen atoms in total. The van der Waals surface area contributed by atoms with Crippen LogP contribution in [0.4, 0.5) is 15.8 Å². The quantitative estimate of drug-likeness (QED) is 0.649. The fourth-order valence-electron chi connectivity index (χ4n) is 3.69. The monoisotopic (exact) mass is 382 g/mol. The van der Waals surface area contributed by atoms with E-state index >= 15 is 0 Å². The highest BCUT2D eigenvalue weighted by atomic mass is 19.1. The average Bonchev–Trinajstić information content (AvgIpc) is 3.18. The van der Waals surface area contributed by atoms with Gasteiger partial charge in [-0.2, -0.15) is 0 Å². The summed E-state index contributed by atoms with van der Waals surface area (Å²) in [4.78, 5) is 39.1. The van der Waals surface area contributed by atoms with E-state index < -0.39 is 23.7 Å². The van der Waals surface area contributed by atoms with Crippen molar-refractivity contribution in [2.75, 3.05) is 16.8 Å². The van der Waals surface area contributed by atoms with E-state index in [9.17, 15) is 18.8 Å². The number of halogens is 1. The summed E-state index contributed by atoms with van der Waals surface area (Å²) in [6.45, 7) is 2.27. The number of carbonyl (C=O) groups excluding carboxylic acids is 3. The number of hydrogen-bond donors (Lipinski definition) is 1. The lowest BCUT2D eigenvalue weighted by Crippen LogP contribution is -2.43. The molecule has 0 saturated carbocycles. The maximum atomic E-state index is 13.0. The van der Waals surface area contributed by atoms with Crippen molar-refractivity contribution < 1.29 is 23.5 Å². The molecule has 2 atom stereocenters. The second-order valence-corrected chi connectivity index (χ2v) is 6.99. The highest BCUT2D eigenvalue weighted by Crippen LogP contribution is 2.37. The Hall–Kier alpha value is -3.22. The predicted octanol–water partition coefficient (Wildman–Crippen LogP) is 3.17. The topological polar surface area (TPSA) is 75.7 Å². The molecule has 0 bridgehead atoms. The molecule has 1 fully saturated rings. The molecule has 4 rings (SSSR count). The van der Waals surface area contributed by atoms with E-state index in [1.165, 1.54) is 31.2 Å². The van der Waals surface area contributed by atoms with E-state index in [0.717, 1.165) is 25.1 Å². The second-order valence-electron chi connectivity index (χ2n) is 6.99. The van der Waals surface area contributed by atoms with E-state index in [0.29, 0.717) is 5.69 Å². The van der Waals surface area contributed by atoms with Gasteiger partial charge in [-0.25, -0.2) is 9.18 Å². The minimum Gasteiger partial charge on any atom is -0.451 e. The fraction of sp³-hybridized carbons (Fsp3) is 0.286. The van der Waals surface area contributed by atoms with Gasteiger partial charge in [0.25, 0.3) is 0 Å². The molecule has 1 amide bonds. The van der Waals surface area contributed by atoms with Crippen LogP contribution in [0.1, 0.15) is 40.5 Å². The van der Waals surface area contributed by atoms with Gasteiger partial charge in [-0.3, -0.25) is 9.59 Å². The van der Waals surface area contributed by atoms with Gasteiger partial charge in [-0.15, -0.1) is 0 Å². The van der Waals surface area contributed by atoms with Crippen LogP contribution in [-0.2, 0) is 9.53 Å². The van der Waals surface area contributed by atoms with Gasteiger partial charge in [0.2, 0.25) is 11.7 Å². The first-order valence-corrected chi connectivity index (χ1v) is 9.16. The first-order valence-electron chi connectivity index (χ1n) is 9.16. The summed E-state index contributed by atoms with van der Waals surface area (Å²) in [5.41, 5.74) is 1.96. The molecular weight excluding hydrogens is 363 g/mol. The van der Waals surface area contributed by atoms with Gasteiger partial charge in [0, 0.05) is 12.1 Å². The van der Waals surface area contributed by atoms with Gasteiger partial charge in [0.1, 0.15) is 11.9 Å². The van der Waals surface area contributed by atoms with E-state index in [-0.39, 0.29) is 23.1 Å². The minimum atomic E-state index is -1.02. The summed E-state index contributed by atoms with van der Waals surface area (Å²) < 4.78 is 18.3. The lowest BCUT2D eigenvalue weighted by Gasteiger charge is -2.33. The van der Waals surface area contributed by atoms with E-state index in [1.54, 1.807) is 18.2 Å². The van der Waals surface area contributed by atoms with Crippen molar-refractivity contribution in [1.29, 1.82) is 0 Å². The maximum absolute atomic E-state index is 13.0. The van der Waals surface area contributed by atoms with E-state index in [1.807, 2.05) is 4.90 Å². The van der Waals surface area contributed by atoms with Crippen LogP contribution < -0.4 is 10.2 Å². The van der Waals surface area contributed by atoms with Gasteiger partial charge in [-0.1, -0.05) is 0 Å². The number of fused-ring (bicyclic) bond motifs is 3. The summed E-state index contributed by atoms with van der Waals surface area (Å²) >= 11 is 0. The summed E-state index contributed by atoms with van der Waals surface area (Å²) in [5.74, 6) is -1.60. The first-order chi connectivity index (χ1) is 13.4. The summed E-state index contributed by atoms with van der Waals surface area (Å²) in [6, 6.07) is 9.89. The number of ether oxygens (including phenoxy) is 1. The third-order valence-corrected chi connectivity index (χ3v) is 5.14. The Morgan fingerprint density at radius 3 is 2.64 bits per heavy atom. The molecule has 0 unspecified atom stereocenters. The summed E-state index contributed by atoms with van der Waals surface area (Å²) in [7, 11) is 0. The third kappa shape index (κ3) is 3.24. The van der Waals surface area contributed by atoms with Crippen molar-refractivity contribution in [2.45, 2.75) is 31.9 Å². The number of esters is 1. The molecule has 2 aromatic rings. The van der Waals surface area contributed by atoms with Crippen molar-refractivity contribution in [3.63, 3.8) is 0 Å². The number of hydrogen-bond acceptors (Lipinski definition) is 5. The Morgan fingerprint density at radius 1 is 1.18 bits per heavy atom. The molecule has 2 aliphatic rings. The molecule has 0 aromatic heterocycles. The molecule has 0 radical (unpaired) electrons. The molecule has 0 spiro atoms. The Labute approximate surface area is 161 Å². The Balaban J connectivity index is 1.49. The van der Waals surface area contributed by atoms with Crippen molar-refractivity contribution in [2.24, 2.45) is 0 Å². The number of ketones is 1. The molecule has 2 aliphatic heterocycles. The lowest BCUT2D eigenvalue weighted by atomic mass is 10.1. The number of rotatable bonds is 4. The fourth-order valence-corrected chi connectivity index (χ4v) is 3.69. The molecule has 1 saturated heterocycles. The van der Waals surface area contributed by atoms with E-state index in [2.05, 4.69) is 5.32 Å². The van der Waals surface area contributed by atoms with Gasteiger partial charge in [-0.05, 0) is 62.2 Å². The highest BCUT2D eigenvalue weighted by Gasteiger charge is 2.36. The van der Waals surface area contributed by atoms with Crippen LogP contribution in [0.5, 0.6) is 0 Å². The number of nitrogens with zero attached hydrogens (tertiary/aromatic N) is 1. The van der Waals surface area contributed by atoms with Crippen molar-refractivity contribution in [3.8, 4) is 0 Å². The van der Waals surface area contributed by atoms with Gasteiger partial charge < -0.3 is 15.0 Å². The SMILES string of the molecule is C[C@H](OC(=O)c1ccc2c(c1)NC(=O)[C@H]1CCCN21)C(=O)c1ccc(F)cc1. The second kappa shape index (κ2) is 7.07. The van der Waals surface area contributed by atoms with Crippen LogP contribution in [0.15, 0.2) is 42.5 Å². The number of carbonyl (C=O) groups is 3. The molecule has 28 heavy (non-hydrogen) atoms. The van der Waals surface area contributed by atoms with Crippen LogP contribution in [0.25, 0.3) is 0 Å². The van der Waals surface area contributed by atoms with Crippen molar-refractivity contribution >= 4 is 29.0 Å². The Kier molecular flexibility index (Phi) is 4.58. The largest absolute Gasteiger partial charge is 0.451 e. The standard InChI is InChI=1S/C21H19FN2O4/c1-12(19(25)13-4-7-15(22)8-5-13)28-21(27)14-6-9-17-16(11-14)23-20(26)18-3-2-10-24(17)18/h4-9,11-12,18H,2-3,10H2,1H3,(H,23,26)/t12-,18+/m0/s1. The summed E-state index contributed by atoms with van der Waals surface area (Å²) in [5, 5.41) is 2.84. The molecule has 1 N–H and O–H groups in total. The Bertz CT molecular complexity index is 957. The zero-order chi connectivity index (χ0) is 19.8. The van der Waals surface area contributed by atoms with Gasteiger partial charge in [0.05, 0.1) is 16.9 Å². The number of anilines is 2. The van der Waals surface area contributed by atoms with Crippen LogP contribution in [0.2, 0.25) is 0 Å². The zero-order valence-corrected chi connectivity index (χ0v) is 15.3. The highest BCUT2D eigenvalue weighted by molar-refractivity contribution is 6.06. The number of Topliss-reactive ketones (excluding diaryl/α,β-unsaturated/α-hetero) is 1. The summed E-state index contributed by atoms with van der Waals surface area (Å²) in [6.07, 6.45) is 0.745. The van der Waals surface area contributed by atoms with E-state index in [4.69, 9.17) is 4.74 Å². The molecule has 2 heterocycles. The molecular formula is C21H19FN2O4. The number of nitrogens with one attached hydrogen (secondary N) is 1. The Morgan fingerprint density at radius 2 is 1.89 bits per heavy atom. The van der Waals surface area contributed by atoms with Crippen LogP contribution in [0, 0.1) is 5.82 Å². The lowest BCUT2D eigenvalue weighted by molar-refractivity contribution is -0.117. The predicted molar refractivity (Wildman–Crippen MR) is 101 cm³/mol. The maximum Gasteiger partial charge on any atom is 0.338 e. The van der Waals surface area contributed by atoms with Crippen molar-refractivity contribution in [1.82, 2.24) is 0 Å². The first kappa shape index (κ1) is 18.2. The normalized spacial score (nSPS) is 18.7. The molecule has 144 valence electrons. The molecule has 0 aliphatic carbocycles. The smallest absolute Gasteiger partial charge is 0.338 e. The zero-order valence-electron chi connectivity index (χ0n) is 15.3. The third-order valence-electron chi connectivity index (χ3n) is 5.14. The van der Waals surface area contributed by atoms with Crippen molar-refractivity contribution in [3.05, 3.63) is 59.4 Å². The van der Waals surface area contributed by atoms with Crippen LogP contribution >= 0.6 is 0 Å². The van der Waals surface area contributed by atoms with Gasteiger partial charge >= 0.3 is 5.97 Å². The van der Waals surface area contributed by atoms with Crippen LogP contribution in [0.3, 0.4) is 0 Å². The minimum absolute atomic E-state index is 0.0737. The molecule has 2 aromatic carbocycles. The number of amides is 1. The molecule has 7 heteroatoms.